The van der Waals surface area contributed by atoms with Crippen LogP contribution in [0.25, 0.3) is 0 Å². The van der Waals surface area contributed by atoms with E-state index in [2.05, 4.69) is 36.5 Å². The lowest BCUT2D eigenvalue weighted by molar-refractivity contribution is 0.0904. The number of rotatable bonds is 8. The molecule has 0 aromatic heterocycles. The highest BCUT2D eigenvalue weighted by atomic mass is 19.1. The molecule has 1 aromatic carbocycles. The molecule has 1 aliphatic rings. The largest absolute Gasteiger partial charge is 0.377 e. The van der Waals surface area contributed by atoms with E-state index in [1.807, 2.05) is 6.07 Å². The molecule has 0 spiro atoms. The van der Waals surface area contributed by atoms with E-state index in [1.165, 1.54) is 18.4 Å². The molecule has 1 saturated carbocycles. The van der Waals surface area contributed by atoms with E-state index in [9.17, 15) is 4.39 Å². The molecule has 0 aliphatic heterocycles. The summed E-state index contributed by atoms with van der Waals surface area (Å²) in [5, 5.41) is 3.61. The molecule has 0 heterocycles. The van der Waals surface area contributed by atoms with Gasteiger partial charge in [0.2, 0.25) is 0 Å². The summed E-state index contributed by atoms with van der Waals surface area (Å²) in [7, 11) is 0. The topological polar surface area (TPSA) is 21.3 Å². The van der Waals surface area contributed by atoms with Crippen LogP contribution in [0.4, 0.5) is 4.39 Å². The predicted molar refractivity (Wildman–Crippen MR) is 71.3 cm³/mol. The summed E-state index contributed by atoms with van der Waals surface area (Å²) in [6.07, 6.45) is 2.52. The minimum atomic E-state index is -0.397. The fourth-order valence-electron chi connectivity index (χ4n) is 2.24. The maximum Gasteiger partial charge on any atom is 0.113 e. The molecule has 1 fully saturated rings. The zero-order valence-corrected chi connectivity index (χ0v) is 10.9. The molecule has 2 rings (SSSR count). The van der Waals surface area contributed by atoms with Crippen LogP contribution in [0.1, 0.15) is 31.4 Å². The summed E-state index contributed by atoms with van der Waals surface area (Å²) >= 11 is 0. The monoisotopic (exact) mass is 251 g/mol. The Balaban J connectivity index is 1.84. The van der Waals surface area contributed by atoms with Crippen molar-refractivity contribution in [2.24, 2.45) is 5.92 Å². The number of hydrogen-bond donors (Lipinski definition) is 1. The van der Waals surface area contributed by atoms with E-state index in [0.717, 1.165) is 0 Å². The molecule has 100 valence electrons. The van der Waals surface area contributed by atoms with Crippen molar-refractivity contribution in [1.82, 2.24) is 5.32 Å². The predicted octanol–water partition coefficient (Wildman–Crippen LogP) is 3.10. The Hall–Kier alpha value is -0.930. The Morgan fingerprint density at radius 1 is 1.33 bits per heavy atom. The minimum absolute atomic E-state index is 0.213. The average molecular weight is 251 g/mol. The molecule has 18 heavy (non-hydrogen) atoms. The smallest absolute Gasteiger partial charge is 0.113 e. The van der Waals surface area contributed by atoms with Gasteiger partial charge in [-0.3, -0.25) is 0 Å². The van der Waals surface area contributed by atoms with Gasteiger partial charge in [-0.25, -0.2) is 4.39 Å². The van der Waals surface area contributed by atoms with Gasteiger partial charge in [0.15, 0.2) is 0 Å². The highest BCUT2D eigenvalue weighted by Crippen LogP contribution is 2.33. The lowest BCUT2D eigenvalue weighted by atomic mass is 10.1. The zero-order valence-electron chi connectivity index (χ0n) is 10.9. The number of halogens is 1. The van der Waals surface area contributed by atoms with Crippen LogP contribution in [0.3, 0.4) is 0 Å². The van der Waals surface area contributed by atoms with Crippen LogP contribution in [-0.2, 0) is 4.74 Å². The van der Waals surface area contributed by atoms with Crippen molar-refractivity contribution in [2.45, 2.75) is 31.8 Å². The van der Waals surface area contributed by atoms with Crippen molar-refractivity contribution in [3.63, 3.8) is 0 Å². The third-order valence-corrected chi connectivity index (χ3v) is 3.47. The van der Waals surface area contributed by atoms with Crippen LogP contribution in [0.2, 0.25) is 0 Å². The third-order valence-electron chi connectivity index (χ3n) is 3.47. The second-order valence-electron chi connectivity index (χ2n) is 5.01. The first-order valence-electron chi connectivity index (χ1n) is 6.76. The number of ether oxygens (including phenoxy) is 1. The molecular weight excluding hydrogens is 229 g/mol. The second-order valence-corrected chi connectivity index (χ2v) is 5.01. The van der Waals surface area contributed by atoms with Gasteiger partial charge < -0.3 is 10.1 Å². The van der Waals surface area contributed by atoms with Crippen molar-refractivity contribution < 1.29 is 9.13 Å². The molecule has 1 N–H and O–H groups in total. The van der Waals surface area contributed by atoms with Crippen molar-refractivity contribution in [2.75, 3.05) is 19.9 Å². The lowest BCUT2D eigenvalue weighted by Gasteiger charge is -2.23. The molecule has 0 bridgehead atoms. The Bertz CT molecular complexity index is 340. The Labute approximate surface area is 109 Å². The maximum atomic E-state index is 12.0. The first-order chi connectivity index (χ1) is 8.81. The van der Waals surface area contributed by atoms with Crippen molar-refractivity contribution in [1.29, 1.82) is 0 Å². The van der Waals surface area contributed by atoms with Crippen LogP contribution in [0, 0.1) is 5.92 Å². The maximum absolute atomic E-state index is 12.0. The highest BCUT2D eigenvalue weighted by molar-refractivity contribution is 5.18. The van der Waals surface area contributed by atoms with Crippen LogP contribution in [0.15, 0.2) is 30.3 Å². The van der Waals surface area contributed by atoms with Crippen molar-refractivity contribution in [3.05, 3.63) is 35.9 Å². The molecule has 2 nitrogen and oxygen atoms in total. The summed E-state index contributed by atoms with van der Waals surface area (Å²) in [4.78, 5) is 0. The van der Waals surface area contributed by atoms with E-state index in [0.29, 0.717) is 24.6 Å². The van der Waals surface area contributed by atoms with Gasteiger partial charge in [0, 0.05) is 12.1 Å². The van der Waals surface area contributed by atoms with Gasteiger partial charge >= 0.3 is 0 Å². The Morgan fingerprint density at radius 2 is 2.06 bits per heavy atom. The van der Waals surface area contributed by atoms with Crippen molar-refractivity contribution in [3.8, 4) is 0 Å². The molecule has 0 unspecified atom stereocenters. The SMILES string of the molecule is C[C@@H](N[C@@H](COCCF)C1CC1)c1ccccc1. The average Bonchev–Trinajstić information content (AvgIpc) is 3.23. The van der Waals surface area contributed by atoms with Gasteiger partial charge in [0.25, 0.3) is 0 Å². The van der Waals surface area contributed by atoms with Gasteiger partial charge in [-0.2, -0.15) is 0 Å². The zero-order chi connectivity index (χ0) is 12.8. The summed E-state index contributed by atoms with van der Waals surface area (Å²) in [6, 6.07) is 11.1. The molecular formula is C15H22FNO. The number of benzene rings is 1. The van der Waals surface area contributed by atoms with E-state index >= 15 is 0 Å². The van der Waals surface area contributed by atoms with Gasteiger partial charge in [0.05, 0.1) is 13.2 Å². The molecule has 0 radical (unpaired) electrons. The molecule has 3 heteroatoms. The Kier molecular flexibility index (Phi) is 5.14. The highest BCUT2D eigenvalue weighted by Gasteiger charge is 2.32. The van der Waals surface area contributed by atoms with Gasteiger partial charge in [-0.1, -0.05) is 30.3 Å². The number of hydrogen-bond acceptors (Lipinski definition) is 2. The van der Waals surface area contributed by atoms with E-state index < -0.39 is 6.67 Å². The summed E-state index contributed by atoms with van der Waals surface area (Å²) in [5.41, 5.74) is 1.29. The molecule has 2 atom stereocenters. The second kappa shape index (κ2) is 6.86. The number of nitrogens with one attached hydrogen (secondary N) is 1. The minimum Gasteiger partial charge on any atom is -0.377 e. The van der Waals surface area contributed by atoms with Crippen molar-refractivity contribution >= 4 is 0 Å². The van der Waals surface area contributed by atoms with Crippen LogP contribution in [-0.4, -0.2) is 25.9 Å². The van der Waals surface area contributed by atoms with E-state index in [4.69, 9.17) is 4.74 Å². The van der Waals surface area contributed by atoms with E-state index in [-0.39, 0.29) is 6.61 Å². The summed E-state index contributed by atoms with van der Waals surface area (Å²) in [5.74, 6) is 0.704. The third kappa shape index (κ3) is 4.07. The molecule has 1 aliphatic carbocycles. The standard InChI is InChI=1S/C15H22FNO/c1-12(13-5-3-2-4-6-13)17-15(14-7-8-14)11-18-10-9-16/h2-6,12,14-15,17H,7-11H2,1H3/t12-,15+/m1/s1. The van der Waals surface area contributed by atoms with E-state index in [1.54, 1.807) is 0 Å². The quantitative estimate of drug-likeness (QED) is 0.717. The van der Waals surface area contributed by atoms with Gasteiger partial charge in [-0.05, 0) is 31.2 Å². The summed E-state index contributed by atoms with van der Waals surface area (Å²) in [6.45, 7) is 2.60. The molecule has 1 aromatic rings. The molecule has 0 saturated heterocycles. The first kappa shape index (κ1) is 13.5. The van der Waals surface area contributed by atoms with Crippen LogP contribution in [0.5, 0.6) is 0 Å². The number of alkyl halides is 1. The Morgan fingerprint density at radius 3 is 2.67 bits per heavy atom. The summed E-state index contributed by atoms with van der Waals surface area (Å²) < 4.78 is 17.4. The van der Waals surface area contributed by atoms with Crippen LogP contribution >= 0.6 is 0 Å². The normalized spacial score (nSPS) is 18.6. The van der Waals surface area contributed by atoms with Gasteiger partial charge in [-0.15, -0.1) is 0 Å². The fraction of sp³-hybridized carbons (Fsp3) is 0.600. The molecule has 0 amide bonds. The van der Waals surface area contributed by atoms with Crippen LogP contribution < -0.4 is 5.32 Å². The first-order valence-corrected chi connectivity index (χ1v) is 6.76. The fourth-order valence-corrected chi connectivity index (χ4v) is 2.24. The van der Waals surface area contributed by atoms with Gasteiger partial charge in [0.1, 0.15) is 6.67 Å². The lowest BCUT2D eigenvalue weighted by Crippen LogP contribution is -2.37.